The van der Waals surface area contributed by atoms with Crippen LogP contribution in [0.15, 0.2) is 48.5 Å². The van der Waals surface area contributed by atoms with Gasteiger partial charge in [0.2, 0.25) is 5.91 Å². The van der Waals surface area contributed by atoms with E-state index in [4.69, 9.17) is 16.3 Å². The number of methoxy groups -OCH3 is 1. The van der Waals surface area contributed by atoms with E-state index in [2.05, 4.69) is 10.2 Å². The number of benzene rings is 2. The number of hydrogen-bond donors (Lipinski definition) is 1. The van der Waals surface area contributed by atoms with Crippen LogP contribution in [0, 0.1) is 5.92 Å². The summed E-state index contributed by atoms with van der Waals surface area (Å²) >= 11 is 5.96. The Morgan fingerprint density at radius 3 is 2.26 bits per heavy atom. The Morgan fingerprint density at radius 1 is 1.00 bits per heavy atom. The molecule has 2 aromatic carbocycles. The molecule has 4 rings (SSSR count). The van der Waals surface area contributed by atoms with Crippen LogP contribution in [-0.2, 0) is 11.2 Å². The molecule has 182 valence electrons. The van der Waals surface area contributed by atoms with Crippen LogP contribution in [0.3, 0.4) is 0 Å². The molecule has 0 bridgehead atoms. The van der Waals surface area contributed by atoms with Gasteiger partial charge in [0.15, 0.2) is 0 Å². The fourth-order valence-corrected chi connectivity index (χ4v) is 5.28. The zero-order valence-electron chi connectivity index (χ0n) is 19.8. The molecule has 1 heterocycles. The van der Waals surface area contributed by atoms with E-state index in [1.807, 2.05) is 29.2 Å². The van der Waals surface area contributed by atoms with Gasteiger partial charge in [0, 0.05) is 43.3 Å². The third-order valence-electron chi connectivity index (χ3n) is 7.07. The zero-order valence-corrected chi connectivity index (χ0v) is 20.6. The van der Waals surface area contributed by atoms with Crippen LogP contribution in [0.4, 0.5) is 0 Å². The molecular formula is C27H34ClN3O3. The summed E-state index contributed by atoms with van der Waals surface area (Å²) in [4.78, 5) is 30.4. The molecule has 1 saturated carbocycles. The van der Waals surface area contributed by atoms with Gasteiger partial charge >= 0.3 is 0 Å². The summed E-state index contributed by atoms with van der Waals surface area (Å²) in [5.74, 6) is 1.37. The molecule has 2 aromatic rings. The molecule has 34 heavy (non-hydrogen) atoms. The number of carbonyl (C=O) groups is 2. The van der Waals surface area contributed by atoms with Gasteiger partial charge in [-0.15, -0.1) is 0 Å². The van der Waals surface area contributed by atoms with Crippen molar-refractivity contribution in [2.24, 2.45) is 5.92 Å². The van der Waals surface area contributed by atoms with E-state index in [9.17, 15) is 9.59 Å². The molecule has 6 nitrogen and oxygen atoms in total. The highest BCUT2D eigenvalue weighted by Gasteiger charge is 2.37. The van der Waals surface area contributed by atoms with Gasteiger partial charge in [-0.05, 0) is 67.1 Å². The molecule has 1 aliphatic carbocycles. The van der Waals surface area contributed by atoms with Crippen molar-refractivity contribution in [1.82, 2.24) is 15.1 Å². The van der Waals surface area contributed by atoms with Gasteiger partial charge < -0.3 is 15.0 Å². The standard InChI is InChI=1S/C27H34ClN3O3/c1-34-24-12-6-20(7-13-24)14-15-29-26(32)25(21-4-2-3-5-21)30-16-18-31(19-17-30)27(33)22-8-10-23(28)11-9-22/h6-13,21,25H,2-5,14-19H2,1H3,(H,29,32)/t25-/m1/s1. The number of halogens is 1. The topological polar surface area (TPSA) is 61.9 Å². The largest absolute Gasteiger partial charge is 0.497 e. The van der Waals surface area contributed by atoms with E-state index < -0.39 is 0 Å². The molecule has 1 saturated heterocycles. The van der Waals surface area contributed by atoms with Gasteiger partial charge in [-0.1, -0.05) is 36.6 Å². The first kappa shape index (κ1) is 24.6. The first-order valence-electron chi connectivity index (χ1n) is 12.2. The lowest BCUT2D eigenvalue weighted by molar-refractivity contribution is -0.129. The number of rotatable bonds is 8. The van der Waals surface area contributed by atoms with Gasteiger partial charge in [0.05, 0.1) is 13.2 Å². The van der Waals surface area contributed by atoms with E-state index >= 15 is 0 Å². The van der Waals surface area contributed by atoms with E-state index in [-0.39, 0.29) is 17.9 Å². The van der Waals surface area contributed by atoms with E-state index in [0.29, 0.717) is 49.2 Å². The molecule has 1 aliphatic heterocycles. The van der Waals surface area contributed by atoms with E-state index in [0.717, 1.165) is 25.0 Å². The van der Waals surface area contributed by atoms with E-state index in [1.54, 1.807) is 31.4 Å². The molecule has 0 unspecified atom stereocenters. The SMILES string of the molecule is COc1ccc(CCNC(=O)[C@@H](C2CCCC2)N2CCN(C(=O)c3ccc(Cl)cc3)CC2)cc1. The molecule has 2 aliphatic rings. The Labute approximate surface area is 207 Å². The summed E-state index contributed by atoms with van der Waals surface area (Å²) in [6.45, 7) is 3.30. The molecule has 0 aromatic heterocycles. The van der Waals surface area contributed by atoms with Crippen LogP contribution in [-0.4, -0.2) is 67.5 Å². The average Bonchev–Trinajstić information content (AvgIpc) is 3.39. The third-order valence-corrected chi connectivity index (χ3v) is 7.32. The molecule has 0 spiro atoms. The van der Waals surface area contributed by atoms with Crippen molar-refractivity contribution in [1.29, 1.82) is 0 Å². The Bertz CT molecular complexity index is 950. The van der Waals surface area contributed by atoms with Gasteiger partial charge in [0.1, 0.15) is 5.75 Å². The fourth-order valence-electron chi connectivity index (χ4n) is 5.16. The van der Waals surface area contributed by atoms with Crippen molar-refractivity contribution in [3.63, 3.8) is 0 Å². The number of nitrogens with zero attached hydrogens (tertiary/aromatic N) is 2. The number of ether oxygens (including phenoxy) is 1. The minimum absolute atomic E-state index is 0.0256. The lowest BCUT2D eigenvalue weighted by atomic mass is 9.94. The fraction of sp³-hybridized carbons (Fsp3) is 0.481. The predicted molar refractivity (Wildman–Crippen MR) is 134 cm³/mol. The molecule has 1 N–H and O–H groups in total. The van der Waals surface area contributed by atoms with Gasteiger partial charge in [-0.3, -0.25) is 14.5 Å². The minimum Gasteiger partial charge on any atom is -0.497 e. The van der Waals surface area contributed by atoms with Crippen LogP contribution in [0.25, 0.3) is 0 Å². The van der Waals surface area contributed by atoms with Crippen molar-refractivity contribution in [2.75, 3.05) is 39.8 Å². The van der Waals surface area contributed by atoms with Crippen molar-refractivity contribution >= 4 is 23.4 Å². The van der Waals surface area contributed by atoms with Gasteiger partial charge in [-0.25, -0.2) is 0 Å². The number of hydrogen-bond acceptors (Lipinski definition) is 4. The first-order chi connectivity index (χ1) is 16.5. The quantitative estimate of drug-likeness (QED) is 0.616. The second-order valence-electron chi connectivity index (χ2n) is 9.21. The monoisotopic (exact) mass is 483 g/mol. The Morgan fingerprint density at radius 2 is 1.65 bits per heavy atom. The summed E-state index contributed by atoms with van der Waals surface area (Å²) in [5, 5.41) is 3.82. The van der Waals surface area contributed by atoms with Crippen LogP contribution in [0.2, 0.25) is 5.02 Å². The second-order valence-corrected chi connectivity index (χ2v) is 9.65. The van der Waals surface area contributed by atoms with Crippen LogP contribution in [0.5, 0.6) is 5.75 Å². The molecule has 1 atom stereocenters. The number of amides is 2. The third kappa shape index (κ3) is 6.10. The second kappa shape index (κ2) is 11.7. The van der Waals surface area contributed by atoms with Crippen LogP contribution < -0.4 is 10.1 Å². The van der Waals surface area contributed by atoms with Crippen molar-refractivity contribution in [3.05, 3.63) is 64.7 Å². The number of carbonyl (C=O) groups excluding carboxylic acids is 2. The first-order valence-corrected chi connectivity index (χ1v) is 12.6. The Kier molecular flexibility index (Phi) is 8.46. The number of piperazine rings is 1. The molecular weight excluding hydrogens is 450 g/mol. The number of nitrogens with one attached hydrogen (secondary N) is 1. The summed E-state index contributed by atoms with van der Waals surface area (Å²) in [7, 11) is 1.66. The zero-order chi connectivity index (χ0) is 23.9. The maximum absolute atomic E-state index is 13.3. The Balaban J connectivity index is 1.33. The maximum atomic E-state index is 13.3. The predicted octanol–water partition coefficient (Wildman–Crippen LogP) is 4.02. The molecule has 7 heteroatoms. The van der Waals surface area contributed by atoms with E-state index in [1.165, 1.54) is 18.4 Å². The highest BCUT2D eigenvalue weighted by Crippen LogP contribution is 2.31. The van der Waals surface area contributed by atoms with Crippen LogP contribution >= 0.6 is 11.6 Å². The van der Waals surface area contributed by atoms with Crippen LogP contribution in [0.1, 0.15) is 41.6 Å². The lowest BCUT2D eigenvalue weighted by Crippen LogP contribution is -2.58. The summed E-state index contributed by atoms with van der Waals surface area (Å²) < 4.78 is 5.21. The molecule has 0 radical (unpaired) electrons. The van der Waals surface area contributed by atoms with Crippen molar-refractivity contribution in [2.45, 2.75) is 38.1 Å². The molecule has 2 fully saturated rings. The summed E-state index contributed by atoms with van der Waals surface area (Å²) in [6, 6.07) is 14.9. The normalized spacial score (nSPS) is 18.0. The maximum Gasteiger partial charge on any atom is 0.253 e. The molecule has 2 amide bonds. The van der Waals surface area contributed by atoms with Crippen molar-refractivity contribution in [3.8, 4) is 5.75 Å². The lowest BCUT2D eigenvalue weighted by Gasteiger charge is -2.40. The van der Waals surface area contributed by atoms with Gasteiger partial charge in [-0.2, -0.15) is 0 Å². The Hall–Kier alpha value is -2.57. The minimum atomic E-state index is -0.119. The smallest absolute Gasteiger partial charge is 0.253 e. The highest BCUT2D eigenvalue weighted by atomic mass is 35.5. The summed E-state index contributed by atoms with van der Waals surface area (Å²) in [5.41, 5.74) is 1.83. The summed E-state index contributed by atoms with van der Waals surface area (Å²) in [6.07, 6.45) is 5.36. The average molecular weight is 484 g/mol. The van der Waals surface area contributed by atoms with Gasteiger partial charge in [0.25, 0.3) is 5.91 Å². The van der Waals surface area contributed by atoms with Crippen molar-refractivity contribution < 1.29 is 14.3 Å². The highest BCUT2D eigenvalue weighted by molar-refractivity contribution is 6.30.